The van der Waals surface area contributed by atoms with Crippen molar-refractivity contribution in [2.45, 2.75) is 0 Å². The van der Waals surface area contributed by atoms with Crippen molar-refractivity contribution in [2.75, 3.05) is 0 Å². The van der Waals surface area contributed by atoms with Crippen LogP contribution in [0.25, 0.3) is 55.0 Å². The molecule has 4 aromatic carbocycles. The van der Waals surface area contributed by atoms with E-state index in [0.717, 1.165) is 31.9 Å². The van der Waals surface area contributed by atoms with Crippen LogP contribution in [0.4, 0.5) is 4.39 Å². The maximum absolute atomic E-state index is 15.1. The molecule has 6 heteroatoms. The number of fused-ring (bicyclic) bond motifs is 1. The fourth-order valence-electron chi connectivity index (χ4n) is 3.75. The van der Waals surface area contributed by atoms with Crippen molar-refractivity contribution >= 4 is 21.6 Å². The van der Waals surface area contributed by atoms with E-state index < -0.39 is 5.82 Å². The highest BCUT2D eigenvalue weighted by molar-refractivity contribution is 7.21. The molecule has 0 unspecified atom stereocenters. The summed E-state index contributed by atoms with van der Waals surface area (Å²) in [4.78, 5) is 18.7. The van der Waals surface area contributed by atoms with Gasteiger partial charge in [0.1, 0.15) is 10.8 Å². The number of hydrogen-bond acceptors (Lipinski definition) is 5. The van der Waals surface area contributed by atoms with Gasteiger partial charge in [0.25, 0.3) is 0 Å². The zero-order chi connectivity index (χ0) is 22.9. The molecule has 0 radical (unpaired) electrons. The van der Waals surface area contributed by atoms with Crippen molar-refractivity contribution in [3.8, 4) is 44.7 Å². The predicted octanol–water partition coefficient (Wildman–Crippen LogP) is 7.29. The van der Waals surface area contributed by atoms with Crippen molar-refractivity contribution in [1.29, 1.82) is 0 Å². The fourth-order valence-corrected chi connectivity index (χ4v) is 4.72. The lowest BCUT2D eigenvalue weighted by atomic mass is 10.1. The summed E-state index contributed by atoms with van der Waals surface area (Å²) in [5.74, 6) is 0.880. The van der Waals surface area contributed by atoms with Crippen LogP contribution in [0.5, 0.6) is 0 Å². The van der Waals surface area contributed by atoms with Crippen LogP contribution < -0.4 is 0 Å². The summed E-state index contributed by atoms with van der Waals surface area (Å²) in [5, 5.41) is 0.822. The normalized spacial score (nSPS) is 11.1. The first kappa shape index (κ1) is 20.3. The Labute approximate surface area is 199 Å². The molecule has 4 nitrogen and oxygen atoms in total. The number of hydrogen-bond donors (Lipinski definition) is 0. The highest BCUT2D eigenvalue weighted by Crippen LogP contribution is 2.33. The Morgan fingerprint density at radius 3 is 1.76 bits per heavy atom. The van der Waals surface area contributed by atoms with Gasteiger partial charge in [-0.25, -0.2) is 24.3 Å². The molecule has 0 spiro atoms. The Morgan fingerprint density at radius 2 is 1.12 bits per heavy atom. The van der Waals surface area contributed by atoms with Crippen LogP contribution >= 0.6 is 11.3 Å². The van der Waals surface area contributed by atoms with Crippen LogP contribution in [0.15, 0.2) is 103 Å². The molecule has 34 heavy (non-hydrogen) atoms. The summed E-state index contributed by atoms with van der Waals surface area (Å²) < 4.78 is 16.2. The Morgan fingerprint density at radius 1 is 0.529 bits per heavy atom. The zero-order valence-corrected chi connectivity index (χ0v) is 18.7. The molecule has 0 atom stereocenters. The molecule has 0 aliphatic carbocycles. The van der Waals surface area contributed by atoms with Gasteiger partial charge >= 0.3 is 0 Å². The van der Waals surface area contributed by atoms with Gasteiger partial charge in [0.15, 0.2) is 17.5 Å². The molecular weight excluding hydrogens is 443 g/mol. The third-order valence-corrected chi connectivity index (χ3v) is 6.53. The van der Waals surface area contributed by atoms with Crippen LogP contribution in [0.1, 0.15) is 0 Å². The molecule has 162 valence electrons. The molecule has 0 saturated carbocycles. The molecule has 0 aliphatic heterocycles. The largest absolute Gasteiger partial charge is 0.236 e. The maximum atomic E-state index is 15.1. The lowest BCUT2D eigenvalue weighted by molar-refractivity contribution is 0.630. The van der Waals surface area contributed by atoms with E-state index in [0.29, 0.717) is 17.2 Å². The third kappa shape index (κ3) is 3.84. The van der Waals surface area contributed by atoms with Crippen molar-refractivity contribution in [2.24, 2.45) is 0 Å². The average molecular weight is 461 g/mol. The standard InChI is InChI=1S/C28H17FN4S/c29-22-16-15-20(28-30-23-13-7-8-14-24(23)34-28)17-21(22)27-32-25(18-9-3-1-4-10-18)31-26(33-27)19-11-5-2-6-12-19/h1-17H. The number of nitrogens with zero attached hydrogens (tertiary/aromatic N) is 4. The quantitative estimate of drug-likeness (QED) is 0.277. The lowest BCUT2D eigenvalue weighted by Gasteiger charge is -2.09. The highest BCUT2D eigenvalue weighted by Gasteiger charge is 2.17. The average Bonchev–Trinajstić information content (AvgIpc) is 3.34. The zero-order valence-electron chi connectivity index (χ0n) is 17.9. The molecule has 0 N–H and O–H groups in total. The Bertz CT molecular complexity index is 1520. The van der Waals surface area contributed by atoms with E-state index in [2.05, 4.69) is 15.0 Å². The predicted molar refractivity (Wildman–Crippen MR) is 135 cm³/mol. The van der Waals surface area contributed by atoms with Gasteiger partial charge in [-0.1, -0.05) is 72.8 Å². The lowest BCUT2D eigenvalue weighted by Crippen LogP contribution is -2.01. The number of aromatic nitrogens is 4. The molecule has 6 rings (SSSR count). The topological polar surface area (TPSA) is 51.6 Å². The Hall–Kier alpha value is -4.29. The van der Waals surface area contributed by atoms with Gasteiger partial charge in [0, 0.05) is 16.7 Å². The van der Waals surface area contributed by atoms with E-state index >= 15 is 4.39 Å². The fraction of sp³-hybridized carbons (Fsp3) is 0. The van der Waals surface area contributed by atoms with Crippen LogP contribution in [-0.4, -0.2) is 19.9 Å². The van der Waals surface area contributed by atoms with Gasteiger partial charge in [0.2, 0.25) is 0 Å². The summed E-state index contributed by atoms with van der Waals surface area (Å²) in [5.41, 5.74) is 3.73. The monoisotopic (exact) mass is 460 g/mol. The van der Waals surface area contributed by atoms with Crippen molar-refractivity contribution < 1.29 is 4.39 Å². The van der Waals surface area contributed by atoms with E-state index in [4.69, 9.17) is 4.98 Å². The van der Waals surface area contributed by atoms with E-state index in [1.54, 1.807) is 23.5 Å². The summed E-state index contributed by atoms with van der Waals surface area (Å²) in [6, 6.07) is 32.2. The van der Waals surface area contributed by atoms with Crippen LogP contribution in [0, 0.1) is 5.82 Å². The number of halogens is 1. The van der Waals surface area contributed by atoms with Crippen LogP contribution in [0.3, 0.4) is 0 Å². The summed E-state index contributed by atoms with van der Waals surface area (Å²) in [6.45, 7) is 0. The SMILES string of the molecule is Fc1ccc(-c2nc3ccccc3s2)cc1-c1nc(-c2ccccc2)nc(-c2ccccc2)n1. The first-order valence-electron chi connectivity index (χ1n) is 10.8. The van der Waals surface area contributed by atoms with Crippen molar-refractivity contribution in [3.63, 3.8) is 0 Å². The molecule has 6 aromatic rings. The molecule has 0 fully saturated rings. The Kier molecular flexibility index (Phi) is 5.13. The summed E-state index contributed by atoms with van der Waals surface area (Å²) in [7, 11) is 0. The number of thiazole rings is 1. The molecule has 2 aromatic heterocycles. The number of para-hydroxylation sites is 1. The van der Waals surface area contributed by atoms with Crippen LogP contribution in [0.2, 0.25) is 0 Å². The molecule has 0 bridgehead atoms. The van der Waals surface area contributed by atoms with Gasteiger partial charge in [-0.05, 0) is 30.3 Å². The van der Waals surface area contributed by atoms with Crippen molar-refractivity contribution in [3.05, 3.63) is 109 Å². The van der Waals surface area contributed by atoms with E-state index in [1.165, 1.54) is 6.07 Å². The van der Waals surface area contributed by atoms with Crippen LogP contribution in [-0.2, 0) is 0 Å². The van der Waals surface area contributed by atoms with E-state index in [9.17, 15) is 0 Å². The minimum Gasteiger partial charge on any atom is -0.236 e. The second-order valence-corrected chi connectivity index (χ2v) is 8.75. The molecule has 0 saturated heterocycles. The molecule has 0 aliphatic rings. The second-order valence-electron chi connectivity index (χ2n) is 7.72. The highest BCUT2D eigenvalue weighted by atomic mass is 32.1. The van der Waals surface area contributed by atoms with E-state index in [1.807, 2.05) is 84.9 Å². The number of rotatable bonds is 4. The Balaban J connectivity index is 1.53. The van der Waals surface area contributed by atoms with Gasteiger partial charge in [-0.15, -0.1) is 11.3 Å². The molecular formula is C28H17FN4S. The summed E-state index contributed by atoms with van der Waals surface area (Å²) >= 11 is 1.57. The van der Waals surface area contributed by atoms with Crippen molar-refractivity contribution in [1.82, 2.24) is 19.9 Å². The first-order valence-corrected chi connectivity index (χ1v) is 11.6. The number of benzene rings is 4. The van der Waals surface area contributed by atoms with Gasteiger partial charge in [0.05, 0.1) is 15.8 Å². The van der Waals surface area contributed by atoms with Gasteiger partial charge < -0.3 is 0 Å². The minimum atomic E-state index is -0.394. The maximum Gasteiger partial charge on any atom is 0.167 e. The summed E-state index contributed by atoms with van der Waals surface area (Å²) in [6.07, 6.45) is 0. The van der Waals surface area contributed by atoms with E-state index in [-0.39, 0.29) is 5.82 Å². The first-order chi connectivity index (χ1) is 16.7. The molecule has 0 amide bonds. The van der Waals surface area contributed by atoms with Gasteiger partial charge in [-0.2, -0.15) is 0 Å². The smallest absolute Gasteiger partial charge is 0.167 e. The molecule has 2 heterocycles. The minimum absolute atomic E-state index is 0.285. The second kappa shape index (κ2) is 8.57. The third-order valence-electron chi connectivity index (χ3n) is 5.45. The van der Waals surface area contributed by atoms with Gasteiger partial charge in [-0.3, -0.25) is 0 Å².